The Bertz CT molecular complexity index is 830. The molecule has 1 N–H and O–H groups in total. The third-order valence-electron chi connectivity index (χ3n) is 4.38. The van der Waals surface area contributed by atoms with Crippen molar-refractivity contribution in [2.75, 3.05) is 0 Å². The van der Waals surface area contributed by atoms with Gasteiger partial charge in [-0.05, 0) is 40.8 Å². The molecule has 0 aromatic heterocycles. The van der Waals surface area contributed by atoms with Crippen LogP contribution in [-0.2, 0) is 13.0 Å². The maximum Gasteiger partial charge on any atom is 0.0550 e. The van der Waals surface area contributed by atoms with Gasteiger partial charge in [0.15, 0.2) is 0 Å². The van der Waals surface area contributed by atoms with Gasteiger partial charge in [-0.2, -0.15) is 0 Å². The molecule has 24 heavy (non-hydrogen) atoms. The Balaban J connectivity index is 1.80. The fourth-order valence-corrected chi connectivity index (χ4v) is 3.02. The van der Waals surface area contributed by atoms with Crippen LogP contribution in [0.4, 0.5) is 4.48 Å². The lowest BCUT2D eigenvalue weighted by atomic mass is 9.99. The molecule has 0 aliphatic rings. The first-order valence-electron chi connectivity index (χ1n) is 8.16. The van der Waals surface area contributed by atoms with Crippen molar-refractivity contribution in [3.8, 4) is 0 Å². The lowest BCUT2D eigenvalue weighted by molar-refractivity contribution is -0.0238. The van der Waals surface area contributed by atoms with Crippen LogP contribution >= 0.6 is 0 Å². The molecule has 1 atom stereocenters. The van der Waals surface area contributed by atoms with Gasteiger partial charge in [0, 0.05) is 12.3 Å². The fraction of sp³-hybridized carbons (Fsp3) is 0.190. The highest BCUT2D eigenvalue weighted by Crippen LogP contribution is 2.24. The molecule has 2 nitrogen and oxygen atoms in total. The number of hydrogen-bond acceptors (Lipinski definition) is 2. The number of hydrogen-bond donors (Lipinski definition) is 1. The van der Waals surface area contributed by atoms with Crippen LogP contribution in [-0.4, -0.2) is 17.4 Å². The molecule has 0 fully saturated rings. The summed E-state index contributed by atoms with van der Waals surface area (Å²) >= 11 is 0. The first-order chi connectivity index (χ1) is 11.7. The fourth-order valence-electron chi connectivity index (χ4n) is 3.02. The van der Waals surface area contributed by atoms with Gasteiger partial charge in [-0.3, -0.25) is 0 Å². The van der Waals surface area contributed by atoms with Crippen LogP contribution in [0.2, 0.25) is 0 Å². The van der Waals surface area contributed by atoms with Crippen molar-refractivity contribution in [2.45, 2.75) is 25.9 Å². The van der Waals surface area contributed by atoms with E-state index in [0.29, 0.717) is 6.42 Å². The van der Waals surface area contributed by atoms with Crippen molar-refractivity contribution in [3.63, 3.8) is 0 Å². The van der Waals surface area contributed by atoms with Gasteiger partial charge in [-0.15, -0.1) is 9.60 Å². The molecule has 3 rings (SSSR count). The minimum Gasteiger partial charge on any atom is -0.308 e. The highest BCUT2D eigenvalue weighted by molar-refractivity contribution is 6.00. The topological polar surface area (TPSA) is 27.1 Å². The summed E-state index contributed by atoms with van der Waals surface area (Å²) in [5.74, 6) is 0. The van der Waals surface area contributed by atoms with E-state index >= 15 is 0 Å². The first kappa shape index (κ1) is 16.3. The van der Waals surface area contributed by atoms with E-state index in [0.717, 1.165) is 32.6 Å². The summed E-state index contributed by atoms with van der Waals surface area (Å²) in [5.41, 5.74) is 2.94. The second-order valence-electron chi connectivity index (χ2n) is 6.10. The number of benzene rings is 3. The normalized spacial score (nSPS) is 12.5. The average molecular weight is 320 g/mol. The monoisotopic (exact) mass is 320 g/mol. The van der Waals surface area contributed by atoms with Crippen LogP contribution < -0.4 is 0 Å². The number of rotatable bonds is 6. The number of halogens is 1. The number of nitrogens with one attached hydrogen (secondary N) is 1. The van der Waals surface area contributed by atoms with Gasteiger partial charge in [0.1, 0.15) is 0 Å². The molecule has 0 radical (unpaired) electrons. The van der Waals surface area contributed by atoms with Crippen LogP contribution in [0.1, 0.15) is 23.6 Å². The van der Waals surface area contributed by atoms with Gasteiger partial charge in [0.2, 0.25) is 0 Å². The predicted octanol–water partition coefficient (Wildman–Crippen LogP) is 5.16. The van der Waals surface area contributed by atoms with Crippen LogP contribution in [0.15, 0.2) is 66.7 Å². The van der Waals surface area contributed by atoms with Crippen LogP contribution in [0.5, 0.6) is 0 Å². The molecule has 0 bridgehead atoms. The minimum absolute atomic E-state index is 0.200. The van der Waals surface area contributed by atoms with Crippen molar-refractivity contribution in [1.82, 2.24) is 5.12 Å². The summed E-state index contributed by atoms with van der Waals surface area (Å²) in [6, 6.07) is 21.5. The second kappa shape index (κ2) is 7.37. The molecule has 0 heterocycles. The Kier molecular flexibility index (Phi) is 5.02. The summed E-state index contributed by atoms with van der Waals surface area (Å²) < 4.78 is 14.7. The lowest BCUT2D eigenvalue weighted by Crippen LogP contribution is -2.27. The van der Waals surface area contributed by atoms with Crippen molar-refractivity contribution in [1.29, 1.82) is 5.41 Å². The van der Waals surface area contributed by atoms with Crippen molar-refractivity contribution < 1.29 is 4.48 Å². The Morgan fingerprint density at radius 1 is 0.958 bits per heavy atom. The Labute approximate surface area is 142 Å². The van der Waals surface area contributed by atoms with E-state index in [1.807, 2.05) is 73.7 Å². The number of nitrogens with zero attached hydrogens (tertiary/aromatic N) is 1. The summed E-state index contributed by atoms with van der Waals surface area (Å²) in [4.78, 5) is 0. The molecule has 0 aliphatic heterocycles. The minimum atomic E-state index is -0.200. The highest BCUT2D eigenvalue weighted by atomic mass is 19.2. The lowest BCUT2D eigenvalue weighted by Gasteiger charge is -2.21. The van der Waals surface area contributed by atoms with Crippen molar-refractivity contribution >= 4 is 17.0 Å². The van der Waals surface area contributed by atoms with Crippen LogP contribution in [0, 0.1) is 5.41 Å². The van der Waals surface area contributed by atoms with E-state index in [-0.39, 0.29) is 12.6 Å². The molecule has 0 spiro atoms. The Hall–Kier alpha value is -2.52. The summed E-state index contributed by atoms with van der Waals surface area (Å²) in [7, 11) is 0. The third-order valence-corrected chi connectivity index (χ3v) is 4.38. The zero-order chi connectivity index (χ0) is 16.9. The zero-order valence-electron chi connectivity index (χ0n) is 13.7. The van der Waals surface area contributed by atoms with E-state index < -0.39 is 0 Å². The third kappa shape index (κ3) is 3.52. The molecule has 122 valence electrons. The van der Waals surface area contributed by atoms with Gasteiger partial charge >= 0.3 is 0 Å². The van der Waals surface area contributed by atoms with Gasteiger partial charge in [0.25, 0.3) is 0 Å². The molecular formula is C21H21FN2. The second-order valence-corrected chi connectivity index (χ2v) is 6.10. The number of fused-ring (bicyclic) bond motifs is 1. The Morgan fingerprint density at radius 3 is 2.33 bits per heavy atom. The molecule has 3 aromatic rings. The smallest absolute Gasteiger partial charge is 0.0550 e. The van der Waals surface area contributed by atoms with E-state index in [4.69, 9.17) is 5.41 Å². The molecule has 1 unspecified atom stereocenters. The zero-order valence-corrected chi connectivity index (χ0v) is 13.7. The summed E-state index contributed by atoms with van der Waals surface area (Å²) in [6.45, 7) is 2.15. The molecule has 0 saturated carbocycles. The van der Waals surface area contributed by atoms with E-state index in [1.54, 1.807) is 0 Å². The first-order valence-corrected chi connectivity index (χ1v) is 8.16. The van der Waals surface area contributed by atoms with Gasteiger partial charge < -0.3 is 5.41 Å². The van der Waals surface area contributed by atoms with Gasteiger partial charge in [-0.1, -0.05) is 66.7 Å². The van der Waals surface area contributed by atoms with Crippen LogP contribution in [0.25, 0.3) is 10.8 Å². The Morgan fingerprint density at radius 2 is 1.62 bits per heavy atom. The predicted molar refractivity (Wildman–Crippen MR) is 98.1 cm³/mol. The summed E-state index contributed by atoms with van der Waals surface area (Å²) in [5, 5.41) is 10.4. The molecule has 3 heteroatoms. The largest absolute Gasteiger partial charge is 0.308 e. The maximum atomic E-state index is 14.7. The van der Waals surface area contributed by atoms with Gasteiger partial charge in [0.05, 0.1) is 6.54 Å². The quantitative estimate of drug-likeness (QED) is 0.493. The summed E-state index contributed by atoms with van der Waals surface area (Å²) in [6.07, 6.45) is 2.02. The highest BCUT2D eigenvalue weighted by Gasteiger charge is 2.16. The molecule has 0 amide bonds. The van der Waals surface area contributed by atoms with E-state index in [2.05, 4.69) is 0 Å². The van der Waals surface area contributed by atoms with E-state index in [1.165, 1.54) is 6.21 Å². The van der Waals surface area contributed by atoms with Crippen molar-refractivity contribution in [3.05, 3.63) is 83.4 Å². The average Bonchev–Trinajstić information content (AvgIpc) is 2.62. The maximum absolute atomic E-state index is 14.7. The molecule has 0 aliphatic carbocycles. The molecular weight excluding hydrogens is 299 g/mol. The van der Waals surface area contributed by atoms with Crippen molar-refractivity contribution in [2.24, 2.45) is 0 Å². The van der Waals surface area contributed by atoms with Crippen LogP contribution in [0.3, 0.4) is 0 Å². The van der Waals surface area contributed by atoms with Gasteiger partial charge in [-0.25, -0.2) is 0 Å². The molecule has 0 saturated heterocycles. The SMILES string of the molecule is CC(Cc1ccccc1)N(F)Cc1ccc(C=N)c2ccccc12. The molecule has 3 aromatic carbocycles. The van der Waals surface area contributed by atoms with E-state index in [9.17, 15) is 4.48 Å². The standard InChI is InChI=1S/C21H21FN2/c1-16(13-17-7-3-2-4-8-17)24(22)15-19-12-11-18(14-23)20-9-5-6-10-21(19)20/h2-12,14,16,23H,13,15H2,1H3.